The first kappa shape index (κ1) is 21.7. The van der Waals surface area contributed by atoms with Gasteiger partial charge in [-0.25, -0.2) is 9.97 Å². The maximum Gasteiger partial charge on any atom is 0.255 e. The molecule has 0 spiro atoms. The van der Waals surface area contributed by atoms with Crippen LogP contribution in [0.2, 0.25) is 0 Å². The molecule has 4 aromatic rings. The van der Waals surface area contributed by atoms with E-state index in [1.807, 2.05) is 44.3 Å². The van der Waals surface area contributed by atoms with E-state index in [1.165, 1.54) is 32.1 Å². The number of fused-ring (bicyclic) bond motifs is 5. The van der Waals surface area contributed by atoms with Crippen molar-refractivity contribution in [2.45, 2.75) is 58.9 Å². The molecule has 6 nitrogen and oxygen atoms in total. The number of imidazole rings is 1. The lowest BCUT2D eigenvalue weighted by Gasteiger charge is -2.26. The summed E-state index contributed by atoms with van der Waals surface area (Å²) in [6.45, 7) is 8.38. The molecule has 1 aromatic carbocycles. The Morgan fingerprint density at radius 2 is 1.91 bits per heavy atom. The zero-order valence-corrected chi connectivity index (χ0v) is 19.8. The number of nitrogens with one attached hydrogen (secondary N) is 1. The minimum atomic E-state index is -0.0971. The van der Waals surface area contributed by atoms with Crippen LogP contribution in [-0.2, 0) is 0 Å². The van der Waals surface area contributed by atoms with Crippen molar-refractivity contribution in [2.24, 2.45) is 5.92 Å². The molecule has 1 N–H and O–H groups in total. The summed E-state index contributed by atoms with van der Waals surface area (Å²) >= 11 is 0. The van der Waals surface area contributed by atoms with E-state index in [9.17, 15) is 4.79 Å². The molecule has 1 amide bonds. The molecule has 5 rings (SSSR count). The lowest BCUT2D eigenvalue weighted by molar-refractivity contribution is 0.0944. The maximum atomic E-state index is 13.3. The number of para-hydroxylation sites is 2. The fourth-order valence-corrected chi connectivity index (χ4v) is 5.03. The van der Waals surface area contributed by atoms with Gasteiger partial charge in [0.2, 0.25) is 0 Å². The molecule has 0 aliphatic carbocycles. The van der Waals surface area contributed by atoms with Crippen LogP contribution in [0.5, 0.6) is 0 Å². The van der Waals surface area contributed by atoms with E-state index in [0.717, 1.165) is 46.8 Å². The molecular weight excluding hydrogens is 410 g/mol. The van der Waals surface area contributed by atoms with Crippen LogP contribution < -0.4 is 10.2 Å². The van der Waals surface area contributed by atoms with E-state index in [0.29, 0.717) is 11.2 Å². The smallest absolute Gasteiger partial charge is 0.255 e. The van der Waals surface area contributed by atoms with Crippen molar-refractivity contribution in [3.63, 3.8) is 0 Å². The van der Waals surface area contributed by atoms with Gasteiger partial charge in [-0.2, -0.15) is 0 Å². The molecule has 0 saturated carbocycles. The second-order valence-electron chi connectivity index (χ2n) is 9.74. The Balaban J connectivity index is 1.75. The van der Waals surface area contributed by atoms with E-state index in [4.69, 9.17) is 9.97 Å². The molecule has 1 saturated heterocycles. The number of aromatic nitrogens is 3. The van der Waals surface area contributed by atoms with E-state index < -0.39 is 0 Å². The third-order valence-electron chi connectivity index (χ3n) is 6.77. The Kier molecular flexibility index (Phi) is 5.92. The van der Waals surface area contributed by atoms with Gasteiger partial charge < -0.3 is 10.2 Å². The maximum absolute atomic E-state index is 13.3. The molecule has 1 aliphatic rings. The molecule has 1 aliphatic heterocycles. The number of hydrogen-bond acceptors (Lipinski definition) is 4. The standard InChI is InChI=1S/C27H33N5O/c1-18(2)29-27(33)21-17-20-23(31-15-8-4-5-9-19(3)13-16-31)12-14-28-25(20)32-24-11-7-6-10-22(24)30-26(21)32/h6-7,10-12,14,17-19H,4-5,8-9,13,15-16H2,1-3H3,(H,29,33). The van der Waals surface area contributed by atoms with Crippen molar-refractivity contribution in [2.75, 3.05) is 18.0 Å². The monoisotopic (exact) mass is 443 g/mol. The van der Waals surface area contributed by atoms with Gasteiger partial charge in [-0.3, -0.25) is 9.20 Å². The summed E-state index contributed by atoms with van der Waals surface area (Å²) < 4.78 is 2.06. The molecule has 0 radical (unpaired) electrons. The van der Waals surface area contributed by atoms with Crippen molar-refractivity contribution in [1.82, 2.24) is 19.7 Å². The van der Waals surface area contributed by atoms with Crippen molar-refractivity contribution in [3.05, 3.63) is 48.2 Å². The zero-order chi connectivity index (χ0) is 22.9. The number of nitrogens with zero attached hydrogens (tertiary/aromatic N) is 4. The van der Waals surface area contributed by atoms with E-state index in [-0.39, 0.29) is 11.9 Å². The molecule has 3 aromatic heterocycles. The van der Waals surface area contributed by atoms with E-state index in [1.54, 1.807) is 0 Å². The van der Waals surface area contributed by atoms with Crippen LogP contribution in [0, 0.1) is 5.92 Å². The predicted molar refractivity (Wildman–Crippen MR) is 135 cm³/mol. The highest BCUT2D eigenvalue weighted by Crippen LogP contribution is 2.32. The van der Waals surface area contributed by atoms with Crippen molar-refractivity contribution < 1.29 is 4.79 Å². The van der Waals surface area contributed by atoms with Gasteiger partial charge in [-0.15, -0.1) is 0 Å². The number of rotatable bonds is 3. The molecule has 0 bridgehead atoms. The Bertz CT molecular complexity index is 1310. The van der Waals surface area contributed by atoms with Gasteiger partial charge in [0, 0.05) is 36.4 Å². The number of carbonyl (C=O) groups is 1. The largest absolute Gasteiger partial charge is 0.371 e. The zero-order valence-electron chi connectivity index (χ0n) is 19.8. The number of carbonyl (C=O) groups excluding carboxylic acids is 1. The summed E-state index contributed by atoms with van der Waals surface area (Å²) in [7, 11) is 0. The number of amides is 1. The number of anilines is 1. The van der Waals surface area contributed by atoms with Crippen molar-refractivity contribution in [1.29, 1.82) is 0 Å². The number of benzene rings is 1. The van der Waals surface area contributed by atoms with Crippen LogP contribution in [-0.4, -0.2) is 39.4 Å². The highest BCUT2D eigenvalue weighted by Gasteiger charge is 2.22. The Morgan fingerprint density at radius 1 is 1.06 bits per heavy atom. The van der Waals surface area contributed by atoms with Crippen LogP contribution in [0.25, 0.3) is 27.7 Å². The average molecular weight is 444 g/mol. The fourth-order valence-electron chi connectivity index (χ4n) is 5.03. The third-order valence-corrected chi connectivity index (χ3v) is 6.77. The molecule has 4 heterocycles. The van der Waals surface area contributed by atoms with E-state index >= 15 is 0 Å². The molecule has 1 atom stereocenters. The SMILES string of the molecule is CC1CCCCCN(c2ccnc3c2cc(C(=O)NC(C)C)c2nc4ccccc4n23)CC1. The molecule has 1 fully saturated rings. The van der Waals surface area contributed by atoms with Crippen LogP contribution in [0.1, 0.15) is 63.2 Å². The van der Waals surface area contributed by atoms with Crippen molar-refractivity contribution >= 4 is 39.3 Å². The highest BCUT2D eigenvalue weighted by molar-refractivity contribution is 6.07. The average Bonchev–Trinajstić information content (AvgIpc) is 3.22. The minimum absolute atomic E-state index is 0.0468. The Morgan fingerprint density at radius 3 is 2.76 bits per heavy atom. The molecule has 33 heavy (non-hydrogen) atoms. The third kappa shape index (κ3) is 4.14. The first-order valence-corrected chi connectivity index (χ1v) is 12.3. The lowest BCUT2D eigenvalue weighted by Crippen LogP contribution is -2.30. The normalized spacial score (nSPS) is 17.9. The summed E-state index contributed by atoms with van der Waals surface area (Å²) in [4.78, 5) is 25.4. The molecule has 1 unspecified atom stereocenters. The minimum Gasteiger partial charge on any atom is -0.371 e. The summed E-state index contributed by atoms with van der Waals surface area (Å²) in [5.74, 6) is 0.635. The van der Waals surface area contributed by atoms with Crippen LogP contribution in [0.15, 0.2) is 42.6 Å². The number of pyridine rings is 2. The van der Waals surface area contributed by atoms with Crippen molar-refractivity contribution in [3.8, 4) is 0 Å². The van der Waals surface area contributed by atoms with Crippen LogP contribution in [0.3, 0.4) is 0 Å². The quantitative estimate of drug-likeness (QED) is 0.449. The van der Waals surface area contributed by atoms with Crippen LogP contribution in [0.4, 0.5) is 5.69 Å². The van der Waals surface area contributed by atoms with Gasteiger partial charge in [-0.05, 0) is 56.9 Å². The summed E-state index contributed by atoms with van der Waals surface area (Å²) in [6.07, 6.45) is 8.16. The van der Waals surface area contributed by atoms with Gasteiger partial charge in [-0.1, -0.05) is 38.3 Å². The highest BCUT2D eigenvalue weighted by atomic mass is 16.1. The molecular formula is C27H33N5O. The van der Waals surface area contributed by atoms with E-state index in [2.05, 4.69) is 33.7 Å². The summed E-state index contributed by atoms with van der Waals surface area (Å²) in [6, 6.07) is 12.2. The van der Waals surface area contributed by atoms with Gasteiger partial charge in [0.15, 0.2) is 5.65 Å². The summed E-state index contributed by atoms with van der Waals surface area (Å²) in [5.41, 5.74) is 5.10. The first-order valence-electron chi connectivity index (χ1n) is 12.3. The Hall–Kier alpha value is -3.15. The predicted octanol–water partition coefficient (Wildman–Crippen LogP) is 5.58. The fraction of sp³-hybridized carbons (Fsp3) is 0.444. The Labute approximate surface area is 195 Å². The second-order valence-corrected chi connectivity index (χ2v) is 9.74. The van der Waals surface area contributed by atoms with Gasteiger partial charge in [0.1, 0.15) is 5.65 Å². The summed E-state index contributed by atoms with van der Waals surface area (Å²) in [5, 5.41) is 4.07. The van der Waals surface area contributed by atoms with Gasteiger partial charge >= 0.3 is 0 Å². The molecule has 6 heteroatoms. The molecule has 172 valence electrons. The second kappa shape index (κ2) is 9.00. The topological polar surface area (TPSA) is 62.5 Å². The van der Waals surface area contributed by atoms with Gasteiger partial charge in [0.05, 0.1) is 16.6 Å². The first-order chi connectivity index (χ1) is 16.0. The van der Waals surface area contributed by atoms with Crippen LogP contribution >= 0.6 is 0 Å². The lowest BCUT2D eigenvalue weighted by atomic mass is 10.0. The number of hydrogen-bond donors (Lipinski definition) is 1. The van der Waals surface area contributed by atoms with Gasteiger partial charge in [0.25, 0.3) is 5.91 Å².